The fraction of sp³-hybridized carbons (Fsp3) is 0. The van der Waals surface area contributed by atoms with E-state index >= 15 is 0 Å². The third-order valence-electron chi connectivity index (χ3n) is 3.34. The minimum absolute atomic E-state index is 0.103. The van der Waals surface area contributed by atoms with Gasteiger partial charge in [0.25, 0.3) is 0 Å². The number of benzene rings is 2. The second-order valence-corrected chi connectivity index (χ2v) is 6.21. The predicted molar refractivity (Wildman–Crippen MR) is 83.0 cm³/mol. The van der Waals surface area contributed by atoms with Crippen molar-refractivity contribution in [3.05, 3.63) is 54.2 Å². The maximum Gasteiger partial charge on any atom is 0.240 e. The number of nitrogens with two attached hydrogens (primary N) is 1. The molecule has 0 fully saturated rings. The molecule has 0 spiro atoms. The zero-order chi connectivity index (χ0) is 15.0. The summed E-state index contributed by atoms with van der Waals surface area (Å²) < 4.78 is 22.9. The van der Waals surface area contributed by atoms with Gasteiger partial charge in [0, 0.05) is 22.7 Å². The van der Waals surface area contributed by atoms with Crippen molar-refractivity contribution in [2.24, 2.45) is 5.14 Å². The molecule has 0 aliphatic rings. The third kappa shape index (κ3) is 2.42. The third-order valence-corrected chi connectivity index (χ3v) is 4.29. The number of terminal acetylenes is 1. The minimum Gasteiger partial charge on any atom is -0.360 e. The summed E-state index contributed by atoms with van der Waals surface area (Å²) in [5.41, 5.74) is 3.50. The fourth-order valence-electron chi connectivity index (χ4n) is 2.27. The van der Waals surface area contributed by atoms with Crippen LogP contribution < -0.4 is 5.14 Å². The monoisotopic (exact) mass is 296 g/mol. The fourth-order valence-corrected chi connectivity index (χ4v) is 2.98. The van der Waals surface area contributed by atoms with E-state index in [0.29, 0.717) is 5.39 Å². The van der Waals surface area contributed by atoms with Crippen molar-refractivity contribution < 1.29 is 8.42 Å². The Bertz CT molecular complexity index is 962. The smallest absolute Gasteiger partial charge is 0.240 e. The Balaban J connectivity index is 2.12. The van der Waals surface area contributed by atoms with Crippen molar-refractivity contribution in [2.45, 2.75) is 4.90 Å². The lowest BCUT2D eigenvalue weighted by molar-refractivity contribution is 0.598. The van der Waals surface area contributed by atoms with E-state index in [9.17, 15) is 8.42 Å². The van der Waals surface area contributed by atoms with Gasteiger partial charge in [0.1, 0.15) is 4.90 Å². The molecule has 5 heteroatoms. The van der Waals surface area contributed by atoms with E-state index in [-0.39, 0.29) is 4.90 Å². The van der Waals surface area contributed by atoms with Crippen LogP contribution in [0.2, 0.25) is 0 Å². The maximum atomic E-state index is 11.5. The molecular formula is C16H12N2O2S. The van der Waals surface area contributed by atoms with Gasteiger partial charge in [-0.3, -0.25) is 0 Å². The molecule has 0 bridgehead atoms. The van der Waals surface area contributed by atoms with E-state index in [1.54, 1.807) is 6.07 Å². The van der Waals surface area contributed by atoms with Gasteiger partial charge in [0.15, 0.2) is 0 Å². The Morgan fingerprint density at radius 1 is 1.05 bits per heavy atom. The largest absolute Gasteiger partial charge is 0.360 e. The zero-order valence-electron chi connectivity index (χ0n) is 11.0. The Morgan fingerprint density at radius 3 is 2.33 bits per heavy atom. The van der Waals surface area contributed by atoms with Crippen LogP contribution in [-0.4, -0.2) is 13.4 Å². The van der Waals surface area contributed by atoms with Gasteiger partial charge in [0.2, 0.25) is 10.0 Å². The Labute approximate surface area is 122 Å². The van der Waals surface area contributed by atoms with Crippen LogP contribution in [0.5, 0.6) is 0 Å². The second kappa shape index (κ2) is 4.77. The van der Waals surface area contributed by atoms with E-state index < -0.39 is 10.0 Å². The summed E-state index contributed by atoms with van der Waals surface area (Å²) in [4.78, 5) is 3.04. The van der Waals surface area contributed by atoms with Crippen molar-refractivity contribution >= 4 is 20.9 Å². The number of nitrogens with one attached hydrogen (secondary N) is 1. The van der Waals surface area contributed by atoms with Crippen molar-refractivity contribution in [1.82, 2.24) is 4.98 Å². The average molecular weight is 296 g/mol. The van der Waals surface area contributed by atoms with Crippen LogP contribution in [0.25, 0.3) is 22.0 Å². The average Bonchev–Trinajstić information content (AvgIpc) is 2.90. The molecule has 3 aromatic rings. The molecule has 3 rings (SSSR count). The first-order valence-corrected chi connectivity index (χ1v) is 7.74. The van der Waals surface area contributed by atoms with E-state index in [1.165, 1.54) is 6.20 Å². The van der Waals surface area contributed by atoms with E-state index in [4.69, 9.17) is 11.6 Å². The number of primary sulfonamides is 1. The summed E-state index contributed by atoms with van der Waals surface area (Å²) in [6, 6.07) is 13.1. The molecule has 0 amide bonds. The first-order valence-electron chi connectivity index (χ1n) is 6.20. The van der Waals surface area contributed by atoms with Gasteiger partial charge in [-0.15, -0.1) is 6.42 Å². The number of fused-ring (bicyclic) bond motifs is 1. The number of aromatic amines is 1. The van der Waals surface area contributed by atoms with Crippen molar-refractivity contribution in [2.75, 3.05) is 0 Å². The number of hydrogen-bond donors (Lipinski definition) is 2. The molecule has 1 heterocycles. The zero-order valence-corrected chi connectivity index (χ0v) is 11.8. The summed E-state index contributed by atoms with van der Waals surface area (Å²) in [7, 11) is -3.73. The molecule has 0 saturated heterocycles. The highest BCUT2D eigenvalue weighted by atomic mass is 32.2. The molecule has 4 nitrogen and oxygen atoms in total. The Hall–Kier alpha value is -2.55. The van der Waals surface area contributed by atoms with Crippen LogP contribution in [0, 0.1) is 12.3 Å². The highest BCUT2D eigenvalue weighted by Crippen LogP contribution is 2.27. The van der Waals surface area contributed by atoms with Crippen LogP contribution >= 0.6 is 0 Å². The Morgan fingerprint density at radius 2 is 1.71 bits per heavy atom. The summed E-state index contributed by atoms with van der Waals surface area (Å²) in [5, 5.41) is 5.77. The highest BCUT2D eigenvalue weighted by Gasteiger charge is 2.14. The van der Waals surface area contributed by atoms with Gasteiger partial charge in [-0.2, -0.15) is 0 Å². The van der Waals surface area contributed by atoms with Crippen LogP contribution in [0.15, 0.2) is 53.6 Å². The molecule has 0 aliphatic carbocycles. The molecule has 104 valence electrons. The van der Waals surface area contributed by atoms with Crippen LogP contribution in [0.3, 0.4) is 0 Å². The number of aromatic nitrogens is 1. The van der Waals surface area contributed by atoms with Crippen LogP contribution in [-0.2, 0) is 10.0 Å². The van der Waals surface area contributed by atoms with E-state index in [0.717, 1.165) is 22.2 Å². The normalized spacial score (nSPS) is 11.4. The van der Waals surface area contributed by atoms with E-state index in [2.05, 4.69) is 10.9 Å². The summed E-state index contributed by atoms with van der Waals surface area (Å²) in [5.74, 6) is 2.57. The number of H-pyrrole nitrogens is 1. The topological polar surface area (TPSA) is 76.0 Å². The molecule has 0 radical (unpaired) electrons. The van der Waals surface area contributed by atoms with Gasteiger partial charge >= 0.3 is 0 Å². The van der Waals surface area contributed by atoms with Crippen molar-refractivity contribution in [3.63, 3.8) is 0 Å². The maximum absolute atomic E-state index is 11.5. The number of sulfonamides is 1. The Kier molecular flexibility index (Phi) is 3.05. The quantitative estimate of drug-likeness (QED) is 0.713. The lowest BCUT2D eigenvalue weighted by atomic mass is 10.0. The molecular weight excluding hydrogens is 284 g/mol. The lowest BCUT2D eigenvalue weighted by Crippen LogP contribution is -2.11. The molecule has 1 aromatic heterocycles. The lowest BCUT2D eigenvalue weighted by Gasteiger charge is -2.03. The first kappa shape index (κ1) is 13.4. The summed E-state index contributed by atoms with van der Waals surface area (Å²) >= 11 is 0. The minimum atomic E-state index is -3.73. The van der Waals surface area contributed by atoms with Crippen molar-refractivity contribution in [1.29, 1.82) is 0 Å². The number of hydrogen-bond acceptors (Lipinski definition) is 2. The molecule has 0 aliphatic heterocycles. The number of rotatable bonds is 2. The molecule has 2 aromatic carbocycles. The molecule has 0 saturated carbocycles. The summed E-state index contributed by atoms with van der Waals surface area (Å²) in [6.45, 7) is 0. The SMILES string of the molecule is C#Cc1ccc(-c2ccc3c(S(N)(=O)=O)c[nH]c3c2)cc1. The van der Waals surface area contributed by atoms with Gasteiger partial charge < -0.3 is 4.98 Å². The molecule has 0 atom stereocenters. The van der Waals surface area contributed by atoms with Gasteiger partial charge in [0.05, 0.1) is 0 Å². The molecule has 0 unspecified atom stereocenters. The standard InChI is InChI=1S/C16H12N2O2S/c1-2-11-3-5-12(6-4-11)13-7-8-14-15(9-13)18-10-16(14)21(17,19)20/h1,3-10,18H,(H2,17,19,20). The van der Waals surface area contributed by atoms with Crippen LogP contribution in [0.1, 0.15) is 5.56 Å². The summed E-state index contributed by atoms with van der Waals surface area (Å²) in [6.07, 6.45) is 6.74. The molecule has 3 N–H and O–H groups in total. The van der Waals surface area contributed by atoms with E-state index in [1.807, 2.05) is 36.4 Å². The highest BCUT2D eigenvalue weighted by molar-refractivity contribution is 7.89. The van der Waals surface area contributed by atoms with Crippen molar-refractivity contribution in [3.8, 4) is 23.5 Å². The van der Waals surface area contributed by atoms with Gasteiger partial charge in [-0.1, -0.05) is 30.2 Å². The predicted octanol–water partition coefficient (Wildman–Crippen LogP) is 2.46. The molecule has 21 heavy (non-hydrogen) atoms. The van der Waals surface area contributed by atoms with Crippen LogP contribution in [0.4, 0.5) is 0 Å². The second-order valence-electron chi connectivity index (χ2n) is 4.68. The van der Waals surface area contributed by atoms with Gasteiger partial charge in [-0.25, -0.2) is 13.6 Å². The first-order chi connectivity index (χ1) is 9.99. The van der Waals surface area contributed by atoms with Gasteiger partial charge in [-0.05, 0) is 29.3 Å².